The minimum absolute atomic E-state index is 1.04. The largest absolute Gasteiger partial charge is 0.318 e. The monoisotopic (exact) mass is 299 g/mol. The van der Waals surface area contributed by atoms with Crippen molar-refractivity contribution in [1.82, 2.24) is 14.5 Å². The van der Waals surface area contributed by atoms with Gasteiger partial charge >= 0.3 is 0 Å². The molecule has 0 N–H and O–H groups in total. The average Bonchev–Trinajstić information content (AvgIpc) is 3.13. The molecule has 0 fully saturated rings. The Balaban J connectivity index is 1.96. The summed E-state index contributed by atoms with van der Waals surface area (Å²) in [6.45, 7) is 3.17. The molecular formula is C15H13N3S2. The molecule has 20 heavy (non-hydrogen) atoms. The van der Waals surface area contributed by atoms with Gasteiger partial charge in [0.05, 0.1) is 10.6 Å². The van der Waals surface area contributed by atoms with Gasteiger partial charge in [-0.05, 0) is 36.1 Å². The van der Waals surface area contributed by atoms with Gasteiger partial charge in [0.1, 0.15) is 5.69 Å². The van der Waals surface area contributed by atoms with Gasteiger partial charge in [0.2, 0.25) is 0 Å². The van der Waals surface area contributed by atoms with Crippen LogP contribution < -0.4 is 0 Å². The van der Waals surface area contributed by atoms with Gasteiger partial charge in [0.15, 0.2) is 5.16 Å². The van der Waals surface area contributed by atoms with Gasteiger partial charge in [-0.15, -0.1) is 11.3 Å². The van der Waals surface area contributed by atoms with Crippen LogP contribution in [0.5, 0.6) is 0 Å². The molecule has 0 atom stereocenters. The third-order valence-corrected chi connectivity index (χ3v) is 5.41. The Morgan fingerprint density at radius 3 is 2.85 bits per heavy atom. The first kappa shape index (κ1) is 12.2. The number of hydrogen-bond donors (Lipinski definition) is 0. The summed E-state index contributed by atoms with van der Waals surface area (Å²) in [5.74, 6) is 1.12. The summed E-state index contributed by atoms with van der Waals surface area (Å²) >= 11 is 3.61. The standard InChI is InChI=1S/C15H13N3S2/c1-10-8-12(20-9-10)13-14(11-2-4-16-5-3-11)18-6-7-19-15(18)17-13/h2-5,8-9H,6-7H2,1H3. The lowest BCUT2D eigenvalue weighted by Crippen LogP contribution is -1.97. The summed E-state index contributed by atoms with van der Waals surface area (Å²) in [7, 11) is 0. The van der Waals surface area contributed by atoms with E-state index in [0.29, 0.717) is 0 Å². The van der Waals surface area contributed by atoms with Crippen molar-refractivity contribution < 1.29 is 0 Å². The number of aromatic nitrogens is 3. The molecule has 3 aromatic rings. The van der Waals surface area contributed by atoms with Crippen molar-refractivity contribution in [1.29, 1.82) is 0 Å². The van der Waals surface area contributed by atoms with Crippen LogP contribution in [-0.2, 0) is 6.54 Å². The van der Waals surface area contributed by atoms with Crippen LogP contribution in [0.15, 0.2) is 41.1 Å². The Morgan fingerprint density at radius 1 is 1.25 bits per heavy atom. The van der Waals surface area contributed by atoms with E-state index in [9.17, 15) is 0 Å². The van der Waals surface area contributed by atoms with Crippen LogP contribution in [0.25, 0.3) is 21.8 Å². The molecule has 5 heteroatoms. The van der Waals surface area contributed by atoms with Gasteiger partial charge in [-0.25, -0.2) is 4.98 Å². The quantitative estimate of drug-likeness (QED) is 0.714. The number of rotatable bonds is 2. The zero-order valence-corrected chi connectivity index (χ0v) is 12.7. The topological polar surface area (TPSA) is 30.7 Å². The van der Waals surface area contributed by atoms with Crippen LogP contribution in [0, 0.1) is 6.92 Å². The summed E-state index contributed by atoms with van der Waals surface area (Å²) in [5, 5.41) is 3.32. The molecular weight excluding hydrogens is 286 g/mol. The minimum atomic E-state index is 1.04. The van der Waals surface area contributed by atoms with Crippen molar-refractivity contribution in [3.8, 4) is 21.8 Å². The Morgan fingerprint density at radius 2 is 2.10 bits per heavy atom. The highest BCUT2D eigenvalue weighted by Crippen LogP contribution is 2.40. The van der Waals surface area contributed by atoms with Crippen LogP contribution in [0.3, 0.4) is 0 Å². The highest BCUT2D eigenvalue weighted by Gasteiger charge is 2.24. The molecule has 0 saturated heterocycles. The number of pyridine rings is 1. The first-order chi connectivity index (χ1) is 9.83. The molecule has 0 amide bonds. The smallest absolute Gasteiger partial charge is 0.169 e. The number of imidazole rings is 1. The summed E-state index contributed by atoms with van der Waals surface area (Å²) in [5.41, 5.74) is 4.83. The number of nitrogens with zero attached hydrogens (tertiary/aromatic N) is 3. The highest BCUT2D eigenvalue weighted by atomic mass is 32.2. The van der Waals surface area contributed by atoms with Crippen LogP contribution in [0.1, 0.15) is 5.56 Å². The molecule has 0 unspecified atom stereocenters. The van der Waals surface area contributed by atoms with Gasteiger partial charge in [0, 0.05) is 30.3 Å². The Kier molecular flexibility index (Phi) is 2.89. The lowest BCUT2D eigenvalue weighted by atomic mass is 10.1. The molecule has 100 valence electrons. The summed E-state index contributed by atoms with van der Waals surface area (Å²) < 4.78 is 2.34. The SMILES string of the molecule is Cc1csc(-c2nc3n(c2-c2ccncc2)CCS3)c1. The third kappa shape index (κ3) is 1.89. The van der Waals surface area contributed by atoms with Crippen molar-refractivity contribution in [2.75, 3.05) is 5.75 Å². The highest BCUT2D eigenvalue weighted by molar-refractivity contribution is 7.99. The van der Waals surface area contributed by atoms with E-state index in [4.69, 9.17) is 4.98 Å². The average molecular weight is 299 g/mol. The second-order valence-corrected chi connectivity index (χ2v) is 6.79. The number of thiophene rings is 1. The molecule has 3 nitrogen and oxygen atoms in total. The maximum absolute atomic E-state index is 4.87. The Bertz CT molecular complexity index is 759. The van der Waals surface area contributed by atoms with Crippen molar-refractivity contribution in [3.63, 3.8) is 0 Å². The van der Waals surface area contributed by atoms with Gasteiger partial charge in [-0.3, -0.25) is 4.98 Å². The predicted molar refractivity (Wildman–Crippen MR) is 84.2 cm³/mol. The molecule has 4 rings (SSSR count). The van der Waals surface area contributed by atoms with Gasteiger partial charge in [-0.2, -0.15) is 0 Å². The van der Waals surface area contributed by atoms with Crippen LogP contribution in [0.2, 0.25) is 0 Å². The van der Waals surface area contributed by atoms with Crippen LogP contribution >= 0.6 is 23.1 Å². The van der Waals surface area contributed by atoms with E-state index in [1.807, 2.05) is 24.2 Å². The Labute approximate surface area is 125 Å². The van der Waals surface area contributed by atoms with Gasteiger partial charge < -0.3 is 4.57 Å². The molecule has 0 spiro atoms. The summed E-state index contributed by atoms with van der Waals surface area (Å²) in [6.07, 6.45) is 3.70. The number of fused-ring (bicyclic) bond motifs is 1. The summed E-state index contributed by atoms with van der Waals surface area (Å²) in [4.78, 5) is 10.2. The Hall–Kier alpha value is -1.59. The van der Waals surface area contributed by atoms with E-state index in [-0.39, 0.29) is 0 Å². The maximum atomic E-state index is 4.87. The number of thioether (sulfide) groups is 1. The van der Waals surface area contributed by atoms with E-state index < -0.39 is 0 Å². The zero-order chi connectivity index (χ0) is 13.5. The first-order valence-electron chi connectivity index (χ1n) is 6.52. The molecule has 1 aliphatic heterocycles. The van der Waals surface area contributed by atoms with Crippen LogP contribution in [-0.4, -0.2) is 20.3 Å². The zero-order valence-electron chi connectivity index (χ0n) is 11.0. The lowest BCUT2D eigenvalue weighted by Gasteiger charge is -2.06. The van der Waals surface area contributed by atoms with E-state index in [0.717, 1.165) is 23.1 Å². The molecule has 0 bridgehead atoms. The van der Waals surface area contributed by atoms with Crippen molar-refractivity contribution in [3.05, 3.63) is 41.5 Å². The van der Waals surface area contributed by atoms with Crippen molar-refractivity contribution in [2.24, 2.45) is 0 Å². The van der Waals surface area contributed by atoms with E-state index in [1.54, 1.807) is 11.3 Å². The second-order valence-electron chi connectivity index (χ2n) is 4.82. The molecule has 0 saturated carbocycles. The fourth-order valence-electron chi connectivity index (χ4n) is 2.51. The summed E-state index contributed by atoms with van der Waals surface area (Å²) in [6, 6.07) is 6.35. The molecule has 4 heterocycles. The third-order valence-electron chi connectivity index (χ3n) is 3.40. The van der Waals surface area contributed by atoms with Crippen LogP contribution in [0.4, 0.5) is 0 Å². The second kappa shape index (κ2) is 4.75. The predicted octanol–water partition coefficient (Wildman–Crippen LogP) is 4.09. The maximum Gasteiger partial charge on any atom is 0.169 e. The fraction of sp³-hybridized carbons (Fsp3) is 0.200. The van der Waals surface area contributed by atoms with E-state index in [2.05, 4.69) is 40.1 Å². The number of aryl methyl sites for hydroxylation is 1. The molecule has 3 aromatic heterocycles. The van der Waals surface area contributed by atoms with E-state index >= 15 is 0 Å². The van der Waals surface area contributed by atoms with Crippen molar-refractivity contribution >= 4 is 23.1 Å². The van der Waals surface area contributed by atoms with Gasteiger partial charge in [0.25, 0.3) is 0 Å². The molecule has 1 aliphatic rings. The number of hydrogen-bond acceptors (Lipinski definition) is 4. The van der Waals surface area contributed by atoms with Crippen molar-refractivity contribution in [2.45, 2.75) is 18.6 Å². The molecule has 0 radical (unpaired) electrons. The molecule has 0 aromatic carbocycles. The minimum Gasteiger partial charge on any atom is -0.318 e. The lowest BCUT2D eigenvalue weighted by molar-refractivity contribution is 0.726. The van der Waals surface area contributed by atoms with E-state index in [1.165, 1.54) is 21.7 Å². The normalized spacial score (nSPS) is 13.7. The first-order valence-corrected chi connectivity index (χ1v) is 8.38. The molecule has 0 aliphatic carbocycles. The van der Waals surface area contributed by atoms with Gasteiger partial charge in [-0.1, -0.05) is 11.8 Å². The fourth-order valence-corrected chi connectivity index (χ4v) is 4.35.